The minimum absolute atomic E-state index is 0.174. The number of hydrogen-bond donors (Lipinski definition) is 3. The van der Waals surface area contributed by atoms with E-state index >= 15 is 0 Å². The van der Waals surface area contributed by atoms with Gasteiger partial charge in [0.25, 0.3) is 5.91 Å². The molecule has 2 heterocycles. The lowest BCUT2D eigenvalue weighted by Gasteiger charge is -2.07. The molecule has 2 aromatic heterocycles. The molecule has 1 aromatic carbocycles. The zero-order valence-electron chi connectivity index (χ0n) is 14.4. The first-order valence-electron chi connectivity index (χ1n) is 8.12. The number of rotatable bonds is 4. The minimum Gasteiger partial charge on any atom is -0.355 e. The minimum atomic E-state index is -0.332. The van der Waals surface area contributed by atoms with Crippen molar-refractivity contribution in [1.29, 1.82) is 0 Å². The first kappa shape index (κ1) is 17.3. The third-order valence-electron chi connectivity index (χ3n) is 3.63. The summed E-state index contributed by atoms with van der Waals surface area (Å²) in [6, 6.07) is 10.2. The molecule has 0 unspecified atom stereocenters. The van der Waals surface area contributed by atoms with Crippen molar-refractivity contribution in [3.05, 3.63) is 48.2 Å². The first-order valence-corrected chi connectivity index (χ1v) is 8.12. The molecular formula is C18H18N6O2. The number of nitrogens with one attached hydrogen (secondary N) is 3. The molecule has 0 atom stereocenters. The monoisotopic (exact) mass is 350 g/mol. The normalized spacial score (nSPS) is 10.4. The highest BCUT2D eigenvalue weighted by Gasteiger charge is 2.09. The standard InChI is InChI=1S/C18H18N6O2/c1-3-20-18(26)24-15-8-7-13-16(23-15)22-14(10-21-13)11-5-4-6-12(9-11)17(25)19-2/h4-10H,3H2,1-2H3,(H,19,25)(H2,20,22,23,24,26). The molecular weight excluding hydrogens is 332 g/mol. The van der Waals surface area contributed by atoms with E-state index in [-0.39, 0.29) is 11.9 Å². The molecule has 0 radical (unpaired) electrons. The van der Waals surface area contributed by atoms with E-state index in [2.05, 4.69) is 30.9 Å². The topological polar surface area (TPSA) is 109 Å². The maximum atomic E-state index is 11.8. The summed E-state index contributed by atoms with van der Waals surface area (Å²) in [6.45, 7) is 2.35. The Hall–Kier alpha value is -3.55. The second-order valence-electron chi connectivity index (χ2n) is 5.44. The number of aromatic nitrogens is 3. The lowest BCUT2D eigenvalue weighted by atomic mass is 10.1. The van der Waals surface area contributed by atoms with Crippen molar-refractivity contribution in [3.63, 3.8) is 0 Å². The fourth-order valence-electron chi connectivity index (χ4n) is 2.39. The van der Waals surface area contributed by atoms with Crippen LogP contribution in [0.3, 0.4) is 0 Å². The third kappa shape index (κ3) is 3.75. The number of fused-ring (bicyclic) bond motifs is 1. The van der Waals surface area contributed by atoms with Gasteiger partial charge < -0.3 is 10.6 Å². The van der Waals surface area contributed by atoms with Gasteiger partial charge in [0.15, 0.2) is 5.65 Å². The Kier molecular flexibility index (Phi) is 5.02. The number of carbonyl (C=O) groups is 2. The SMILES string of the molecule is CCNC(=O)Nc1ccc2ncc(-c3cccc(C(=O)NC)c3)nc2n1. The highest BCUT2D eigenvalue weighted by atomic mass is 16.2. The molecule has 8 heteroatoms. The van der Waals surface area contributed by atoms with E-state index in [0.717, 1.165) is 5.56 Å². The van der Waals surface area contributed by atoms with Crippen LogP contribution < -0.4 is 16.0 Å². The summed E-state index contributed by atoms with van der Waals surface area (Å²) in [6.07, 6.45) is 1.63. The van der Waals surface area contributed by atoms with Gasteiger partial charge in [-0.15, -0.1) is 0 Å². The van der Waals surface area contributed by atoms with Crippen molar-refractivity contribution < 1.29 is 9.59 Å². The van der Waals surface area contributed by atoms with Crippen LogP contribution in [0.4, 0.5) is 10.6 Å². The smallest absolute Gasteiger partial charge is 0.320 e. The molecule has 8 nitrogen and oxygen atoms in total. The summed E-state index contributed by atoms with van der Waals surface area (Å²) in [5.74, 6) is 0.209. The van der Waals surface area contributed by atoms with Gasteiger partial charge >= 0.3 is 6.03 Å². The molecule has 0 saturated carbocycles. The maximum absolute atomic E-state index is 11.8. The molecule has 0 spiro atoms. The van der Waals surface area contributed by atoms with E-state index in [0.29, 0.717) is 34.8 Å². The van der Waals surface area contributed by atoms with Gasteiger partial charge in [-0.3, -0.25) is 15.1 Å². The quantitative estimate of drug-likeness (QED) is 0.668. The second-order valence-corrected chi connectivity index (χ2v) is 5.44. The van der Waals surface area contributed by atoms with Gasteiger partial charge in [-0.25, -0.2) is 14.8 Å². The van der Waals surface area contributed by atoms with Crippen molar-refractivity contribution in [1.82, 2.24) is 25.6 Å². The van der Waals surface area contributed by atoms with E-state index < -0.39 is 0 Å². The first-order chi connectivity index (χ1) is 12.6. The Morgan fingerprint density at radius 2 is 1.96 bits per heavy atom. The average Bonchev–Trinajstić information content (AvgIpc) is 2.67. The Labute approximate surface area is 150 Å². The number of carbonyl (C=O) groups excluding carboxylic acids is 2. The number of hydrogen-bond acceptors (Lipinski definition) is 5. The molecule has 3 N–H and O–H groups in total. The molecule has 3 amide bonds. The van der Waals surface area contributed by atoms with Gasteiger partial charge in [0, 0.05) is 24.7 Å². The zero-order valence-corrected chi connectivity index (χ0v) is 14.4. The summed E-state index contributed by atoms with van der Waals surface area (Å²) < 4.78 is 0. The van der Waals surface area contributed by atoms with Crippen molar-refractivity contribution in [2.75, 3.05) is 18.9 Å². The van der Waals surface area contributed by atoms with Gasteiger partial charge in [-0.2, -0.15) is 0 Å². The Balaban J connectivity index is 1.95. The molecule has 0 aliphatic carbocycles. The maximum Gasteiger partial charge on any atom is 0.320 e. The summed E-state index contributed by atoms with van der Waals surface area (Å²) >= 11 is 0. The van der Waals surface area contributed by atoms with Gasteiger partial charge in [0.1, 0.15) is 11.3 Å². The van der Waals surface area contributed by atoms with Crippen LogP contribution in [0.15, 0.2) is 42.6 Å². The number of benzene rings is 1. The summed E-state index contributed by atoms with van der Waals surface area (Å²) in [5, 5.41) is 7.87. The molecule has 0 saturated heterocycles. The second kappa shape index (κ2) is 7.56. The van der Waals surface area contributed by atoms with E-state index in [1.165, 1.54) is 0 Å². The van der Waals surface area contributed by atoms with Gasteiger partial charge in [-0.1, -0.05) is 12.1 Å². The highest BCUT2D eigenvalue weighted by molar-refractivity contribution is 5.95. The predicted octanol–water partition coefficient (Wildman–Crippen LogP) is 2.19. The third-order valence-corrected chi connectivity index (χ3v) is 3.63. The molecule has 0 fully saturated rings. The lowest BCUT2D eigenvalue weighted by molar-refractivity contribution is 0.0963. The van der Waals surface area contributed by atoms with Crippen molar-refractivity contribution in [3.8, 4) is 11.3 Å². The fourth-order valence-corrected chi connectivity index (χ4v) is 2.39. The van der Waals surface area contributed by atoms with Gasteiger partial charge in [0.2, 0.25) is 0 Å². The summed E-state index contributed by atoms with van der Waals surface area (Å²) in [5.41, 5.74) is 2.89. The van der Waals surface area contributed by atoms with E-state index in [9.17, 15) is 9.59 Å². The lowest BCUT2D eigenvalue weighted by Crippen LogP contribution is -2.28. The number of nitrogens with zero attached hydrogens (tertiary/aromatic N) is 3. The number of urea groups is 1. The van der Waals surface area contributed by atoms with Crippen molar-refractivity contribution >= 4 is 28.9 Å². The molecule has 0 bridgehead atoms. The van der Waals surface area contributed by atoms with Gasteiger partial charge in [0.05, 0.1) is 11.9 Å². The predicted molar refractivity (Wildman–Crippen MR) is 98.9 cm³/mol. The number of pyridine rings is 1. The van der Waals surface area contributed by atoms with Crippen LogP contribution in [-0.4, -0.2) is 40.5 Å². The zero-order chi connectivity index (χ0) is 18.5. The van der Waals surface area contributed by atoms with Crippen LogP contribution >= 0.6 is 0 Å². The van der Waals surface area contributed by atoms with Crippen molar-refractivity contribution in [2.24, 2.45) is 0 Å². The van der Waals surface area contributed by atoms with Crippen LogP contribution in [0.5, 0.6) is 0 Å². The summed E-state index contributed by atoms with van der Waals surface area (Å²) in [7, 11) is 1.58. The molecule has 3 rings (SSSR count). The molecule has 0 aliphatic heterocycles. The van der Waals surface area contributed by atoms with Gasteiger partial charge in [-0.05, 0) is 31.2 Å². The van der Waals surface area contributed by atoms with E-state index in [4.69, 9.17) is 0 Å². The van der Waals surface area contributed by atoms with E-state index in [1.54, 1.807) is 43.6 Å². The Morgan fingerprint density at radius 1 is 1.12 bits per heavy atom. The average molecular weight is 350 g/mol. The van der Waals surface area contributed by atoms with E-state index in [1.807, 2.05) is 13.0 Å². The van der Waals surface area contributed by atoms with Crippen LogP contribution in [0.2, 0.25) is 0 Å². The number of anilines is 1. The Bertz CT molecular complexity index is 973. The number of amides is 3. The van der Waals surface area contributed by atoms with Crippen molar-refractivity contribution in [2.45, 2.75) is 6.92 Å². The fraction of sp³-hybridized carbons (Fsp3) is 0.167. The Morgan fingerprint density at radius 3 is 2.73 bits per heavy atom. The molecule has 0 aliphatic rings. The molecule has 3 aromatic rings. The van der Waals surface area contributed by atoms with Crippen LogP contribution in [-0.2, 0) is 0 Å². The summed E-state index contributed by atoms with van der Waals surface area (Å²) in [4.78, 5) is 36.6. The molecule has 132 valence electrons. The van der Waals surface area contributed by atoms with Crippen LogP contribution in [0.25, 0.3) is 22.4 Å². The molecule has 26 heavy (non-hydrogen) atoms. The largest absolute Gasteiger partial charge is 0.355 e. The van der Waals surface area contributed by atoms with Crippen LogP contribution in [0, 0.1) is 0 Å². The van der Waals surface area contributed by atoms with Crippen LogP contribution in [0.1, 0.15) is 17.3 Å². The highest BCUT2D eigenvalue weighted by Crippen LogP contribution is 2.20.